The van der Waals surface area contributed by atoms with E-state index in [0.29, 0.717) is 10.7 Å². The lowest BCUT2D eigenvalue weighted by Crippen LogP contribution is -2.02. The van der Waals surface area contributed by atoms with Gasteiger partial charge in [0, 0.05) is 10.7 Å². The molecule has 1 aromatic carbocycles. The maximum atomic E-state index is 12.8. The monoisotopic (exact) mass is 238 g/mol. The lowest BCUT2D eigenvalue weighted by molar-refractivity contribution is 0.620. The molecule has 0 fully saturated rings. The van der Waals surface area contributed by atoms with Crippen LogP contribution in [0, 0.1) is 5.82 Å². The summed E-state index contributed by atoms with van der Waals surface area (Å²) in [6, 6.07) is 7.00. The fourth-order valence-electron chi connectivity index (χ4n) is 1.14. The van der Waals surface area contributed by atoms with Crippen molar-refractivity contribution in [2.75, 3.05) is 11.1 Å². The van der Waals surface area contributed by atoms with Gasteiger partial charge in [-0.15, -0.1) is 0 Å². The van der Waals surface area contributed by atoms with Crippen LogP contribution in [0.25, 0.3) is 0 Å². The molecule has 0 spiro atoms. The molecule has 0 radical (unpaired) electrons. The first-order valence-electron chi connectivity index (χ1n) is 4.46. The number of aromatic nitrogens is 2. The zero-order valence-corrected chi connectivity index (χ0v) is 8.87. The first-order valence-corrected chi connectivity index (χ1v) is 4.83. The van der Waals surface area contributed by atoms with E-state index in [2.05, 4.69) is 15.3 Å². The standard InChI is InChI=1S/C10H8ClFN4/c11-6-2-1-3-7(4-6)15-10-14-5-8(12)9(13)16-10/h1-5H,(H3,13,14,15,16). The summed E-state index contributed by atoms with van der Waals surface area (Å²) in [6.45, 7) is 0. The van der Waals surface area contributed by atoms with Crippen LogP contribution in [0.4, 0.5) is 21.8 Å². The molecule has 0 aliphatic heterocycles. The Hall–Kier alpha value is -1.88. The molecule has 6 heteroatoms. The van der Waals surface area contributed by atoms with E-state index in [1.54, 1.807) is 24.3 Å². The van der Waals surface area contributed by atoms with Gasteiger partial charge in [0.05, 0.1) is 6.20 Å². The topological polar surface area (TPSA) is 63.8 Å². The van der Waals surface area contributed by atoms with Gasteiger partial charge in [0.15, 0.2) is 11.6 Å². The van der Waals surface area contributed by atoms with Gasteiger partial charge in [0.2, 0.25) is 5.95 Å². The molecule has 0 saturated carbocycles. The second kappa shape index (κ2) is 4.32. The van der Waals surface area contributed by atoms with Crippen molar-refractivity contribution in [3.63, 3.8) is 0 Å². The van der Waals surface area contributed by atoms with Gasteiger partial charge in [0.1, 0.15) is 0 Å². The van der Waals surface area contributed by atoms with E-state index >= 15 is 0 Å². The molecule has 0 aliphatic carbocycles. The second-order valence-electron chi connectivity index (χ2n) is 3.06. The summed E-state index contributed by atoms with van der Waals surface area (Å²) < 4.78 is 12.8. The molecule has 0 unspecified atom stereocenters. The third-order valence-electron chi connectivity index (χ3n) is 1.85. The van der Waals surface area contributed by atoms with Crippen LogP contribution in [0.3, 0.4) is 0 Å². The SMILES string of the molecule is Nc1nc(Nc2cccc(Cl)c2)ncc1F. The van der Waals surface area contributed by atoms with Crippen molar-refractivity contribution in [2.45, 2.75) is 0 Å². The lowest BCUT2D eigenvalue weighted by atomic mass is 10.3. The minimum atomic E-state index is -0.642. The summed E-state index contributed by atoms with van der Waals surface area (Å²) in [5.74, 6) is -0.614. The van der Waals surface area contributed by atoms with E-state index in [1.807, 2.05) is 0 Å². The molecule has 16 heavy (non-hydrogen) atoms. The smallest absolute Gasteiger partial charge is 0.229 e. The average Bonchev–Trinajstić information content (AvgIpc) is 2.24. The fourth-order valence-corrected chi connectivity index (χ4v) is 1.33. The lowest BCUT2D eigenvalue weighted by Gasteiger charge is -2.05. The number of anilines is 3. The average molecular weight is 239 g/mol. The highest BCUT2D eigenvalue weighted by atomic mass is 35.5. The number of nitrogens with one attached hydrogen (secondary N) is 1. The van der Waals surface area contributed by atoms with Gasteiger partial charge in [-0.05, 0) is 18.2 Å². The van der Waals surface area contributed by atoms with Crippen LogP contribution in [0.1, 0.15) is 0 Å². The molecular weight excluding hydrogens is 231 g/mol. The van der Waals surface area contributed by atoms with Crippen LogP contribution in [-0.4, -0.2) is 9.97 Å². The Bertz CT molecular complexity index is 518. The van der Waals surface area contributed by atoms with Gasteiger partial charge in [-0.1, -0.05) is 17.7 Å². The first kappa shape index (κ1) is 10.6. The highest BCUT2D eigenvalue weighted by Crippen LogP contribution is 2.18. The Kier molecular flexibility index (Phi) is 2.87. The highest BCUT2D eigenvalue weighted by Gasteiger charge is 2.03. The molecule has 82 valence electrons. The molecule has 0 amide bonds. The van der Waals surface area contributed by atoms with Crippen molar-refractivity contribution in [1.29, 1.82) is 0 Å². The van der Waals surface area contributed by atoms with Gasteiger partial charge in [-0.3, -0.25) is 0 Å². The first-order chi connectivity index (χ1) is 7.65. The molecule has 0 bridgehead atoms. The minimum absolute atomic E-state index is 0.195. The molecule has 1 heterocycles. The van der Waals surface area contributed by atoms with Crippen LogP contribution in [0.5, 0.6) is 0 Å². The molecule has 0 saturated heterocycles. The van der Waals surface area contributed by atoms with Gasteiger partial charge in [0.25, 0.3) is 0 Å². The van der Waals surface area contributed by atoms with E-state index in [0.717, 1.165) is 6.20 Å². The molecule has 4 nitrogen and oxygen atoms in total. The van der Waals surface area contributed by atoms with Crippen molar-refractivity contribution >= 4 is 29.1 Å². The zero-order valence-electron chi connectivity index (χ0n) is 8.11. The van der Waals surface area contributed by atoms with Crippen LogP contribution in [-0.2, 0) is 0 Å². The number of rotatable bonds is 2. The fraction of sp³-hybridized carbons (Fsp3) is 0. The third kappa shape index (κ3) is 2.38. The Morgan fingerprint density at radius 1 is 1.38 bits per heavy atom. The number of hydrogen-bond donors (Lipinski definition) is 2. The number of halogens is 2. The van der Waals surface area contributed by atoms with Crippen molar-refractivity contribution in [3.05, 3.63) is 41.3 Å². The summed E-state index contributed by atoms with van der Waals surface area (Å²) in [5, 5.41) is 3.44. The predicted molar refractivity (Wildman–Crippen MR) is 61.1 cm³/mol. The van der Waals surface area contributed by atoms with Gasteiger partial charge in [-0.2, -0.15) is 4.98 Å². The highest BCUT2D eigenvalue weighted by molar-refractivity contribution is 6.30. The zero-order chi connectivity index (χ0) is 11.5. The molecule has 0 aliphatic rings. The summed E-state index contributed by atoms with van der Waals surface area (Å²) in [5.41, 5.74) is 6.02. The van der Waals surface area contributed by atoms with E-state index in [9.17, 15) is 4.39 Å². The van der Waals surface area contributed by atoms with Crippen LogP contribution in [0.2, 0.25) is 5.02 Å². The number of benzene rings is 1. The quantitative estimate of drug-likeness (QED) is 0.844. The summed E-state index contributed by atoms with van der Waals surface area (Å²) in [6.07, 6.45) is 1.01. The minimum Gasteiger partial charge on any atom is -0.381 e. The molecule has 1 aromatic heterocycles. The maximum Gasteiger partial charge on any atom is 0.229 e. The van der Waals surface area contributed by atoms with E-state index in [1.165, 1.54) is 0 Å². The van der Waals surface area contributed by atoms with Crippen LogP contribution >= 0.6 is 11.6 Å². The normalized spacial score (nSPS) is 10.1. The molecule has 2 rings (SSSR count). The maximum absolute atomic E-state index is 12.8. The largest absolute Gasteiger partial charge is 0.381 e. The molecule has 0 atom stereocenters. The van der Waals surface area contributed by atoms with Gasteiger partial charge in [-0.25, -0.2) is 9.37 Å². The Morgan fingerprint density at radius 2 is 2.19 bits per heavy atom. The predicted octanol–water partition coefficient (Wildman–Crippen LogP) is 2.59. The Morgan fingerprint density at radius 3 is 2.88 bits per heavy atom. The van der Waals surface area contributed by atoms with E-state index < -0.39 is 5.82 Å². The Labute approximate surface area is 96.3 Å². The molecule has 3 N–H and O–H groups in total. The number of nitrogens with two attached hydrogens (primary N) is 1. The number of hydrogen-bond acceptors (Lipinski definition) is 4. The number of nitrogen functional groups attached to an aromatic ring is 1. The van der Waals surface area contributed by atoms with Crippen LogP contribution < -0.4 is 11.1 Å². The molecular formula is C10H8ClFN4. The third-order valence-corrected chi connectivity index (χ3v) is 2.09. The van der Waals surface area contributed by atoms with Gasteiger partial charge >= 0.3 is 0 Å². The van der Waals surface area contributed by atoms with Crippen LogP contribution in [0.15, 0.2) is 30.5 Å². The van der Waals surface area contributed by atoms with E-state index in [-0.39, 0.29) is 11.8 Å². The van der Waals surface area contributed by atoms with Crippen molar-refractivity contribution < 1.29 is 4.39 Å². The van der Waals surface area contributed by atoms with E-state index in [4.69, 9.17) is 17.3 Å². The van der Waals surface area contributed by atoms with Crippen molar-refractivity contribution in [3.8, 4) is 0 Å². The summed E-state index contributed by atoms with van der Waals surface area (Å²) >= 11 is 5.80. The van der Waals surface area contributed by atoms with Gasteiger partial charge < -0.3 is 11.1 Å². The second-order valence-corrected chi connectivity index (χ2v) is 3.50. The number of nitrogens with zero attached hydrogens (tertiary/aromatic N) is 2. The van der Waals surface area contributed by atoms with Crippen molar-refractivity contribution in [2.24, 2.45) is 0 Å². The molecule has 2 aromatic rings. The summed E-state index contributed by atoms with van der Waals surface area (Å²) in [7, 11) is 0. The summed E-state index contributed by atoms with van der Waals surface area (Å²) in [4.78, 5) is 7.48. The van der Waals surface area contributed by atoms with Crippen molar-refractivity contribution in [1.82, 2.24) is 9.97 Å². The Balaban J connectivity index is 2.24.